The first-order valence-corrected chi connectivity index (χ1v) is 6.36. The van der Waals surface area contributed by atoms with Crippen LogP contribution in [0.4, 0.5) is 0 Å². The summed E-state index contributed by atoms with van der Waals surface area (Å²) in [5.41, 5.74) is 0.930. The third kappa shape index (κ3) is 2.92. The Balaban J connectivity index is 1.65. The molecular formula is C14H15N5O. The van der Waals surface area contributed by atoms with Crippen molar-refractivity contribution in [3.63, 3.8) is 0 Å². The van der Waals surface area contributed by atoms with Crippen LogP contribution in [0.2, 0.25) is 0 Å². The molecule has 20 heavy (non-hydrogen) atoms. The maximum absolute atomic E-state index is 5.67. The van der Waals surface area contributed by atoms with Gasteiger partial charge in [0.15, 0.2) is 0 Å². The van der Waals surface area contributed by atoms with Crippen molar-refractivity contribution in [2.75, 3.05) is 7.05 Å². The Bertz CT molecular complexity index is 647. The molecule has 1 aromatic carbocycles. The van der Waals surface area contributed by atoms with Gasteiger partial charge >= 0.3 is 0 Å². The van der Waals surface area contributed by atoms with Gasteiger partial charge in [0, 0.05) is 18.0 Å². The number of imidazole rings is 1. The van der Waals surface area contributed by atoms with E-state index in [1.54, 1.807) is 6.20 Å². The van der Waals surface area contributed by atoms with Crippen molar-refractivity contribution in [2.45, 2.75) is 13.1 Å². The summed E-state index contributed by atoms with van der Waals surface area (Å²) in [7, 11) is 1.98. The van der Waals surface area contributed by atoms with E-state index in [1.807, 2.05) is 43.6 Å². The third-order valence-corrected chi connectivity index (χ3v) is 2.87. The lowest BCUT2D eigenvalue weighted by Crippen LogP contribution is -2.18. The molecule has 1 N–H and O–H groups in total. The van der Waals surface area contributed by atoms with Crippen LogP contribution in [0.15, 0.2) is 47.1 Å². The van der Waals surface area contributed by atoms with Crippen molar-refractivity contribution in [3.8, 4) is 11.5 Å². The lowest BCUT2D eigenvalue weighted by molar-refractivity contribution is 0.277. The van der Waals surface area contributed by atoms with Gasteiger partial charge in [-0.05, 0) is 19.2 Å². The van der Waals surface area contributed by atoms with E-state index >= 15 is 0 Å². The Morgan fingerprint density at radius 3 is 2.75 bits per heavy atom. The lowest BCUT2D eigenvalue weighted by atomic mass is 10.2. The summed E-state index contributed by atoms with van der Waals surface area (Å²) in [6, 6.07) is 9.75. The monoisotopic (exact) mass is 269 g/mol. The zero-order valence-electron chi connectivity index (χ0n) is 11.2. The zero-order valence-corrected chi connectivity index (χ0v) is 11.2. The molecule has 0 unspecified atom stereocenters. The molecule has 3 aromatic rings. The number of rotatable bonds is 5. The predicted octanol–water partition coefficient (Wildman–Crippen LogP) is 2.09. The fourth-order valence-corrected chi connectivity index (χ4v) is 1.94. The number of aromatic nitrogens is 4. The Hall–Kier alpha value is -2.47. The van der Waals surface area contributed by atoms with E-state index in [1.165, 1.54) is 0 Å². The van der Waals surface area contributed by atoms with Crippen LogP contribution >= 0.6 is 0 Å². The van der Waals surface area contributed by atoms with Crippen molar-refractivity contribution in [1.29, 1.82) is 0 Å². The molecule has 2 aromatic heterocycles. The van der Waals surface area contributed by atoms with Crippen molar-refractivity contribution in [3.05, 3.63) is 54.4 Å². The third-order valence-electron chi connectivity index (χ3n) is 2.87. The van der Waals surface area contributed by atoms with Gasteiger partial charge < -0.3 is 9.40 Å². The van der Waals surface area contributed by atoms with Crippen LogP contribution in [0.25, 0.3) is 11.5 Å². The summed E-state index contributed by atoms with van der Waals surface area (Å²) < 4.78 is 5.67. The Morgan fingerprint density at radius 2 is 2.00 bits per heavy atom. The molecule has 0 aliphatic rings. The van der Waals surface area contributed by atoms with E-state index in [9.17, 15) is 0 Å². The fourth-order valence-electron chi connectivity index (χ4n) is 1.94. The number of aromatic amines is 1. The summed E-state index contributed by atoms with van der Waals surface area (Å²) in [5, 5.41) is 8.14. The highest BCUT2D eigenvalue weighted by atomic mass is 16.4. The average Bonchev–Trinajstić information content (AvgIpc) is 3.11. The Kier molecular flexibility index (Phi) is 3.56. The predicted molar refractivity (Wildman–Crippen MR) is 73.5 cm³/mol. The Labute approximate surface area is 116 Å². The quantitative estimate of drug-likeness (QED) is 0.768. The molecule has 0 aliphatic heterocycles. The maximum Gasteiger partial charge on any atom is 0.247 e. The number of nitrogens with zero attached hydrogens (tertiary/aromatic N) is 4. The molecule has 0 radical (unpaired) electrons. The topological polar surface area (TPSA) is 70.8 Å². The molecule has 3 rings (SSSR count). The normalized spacial score (nSPS) is 11.1. The average molecular weight is 269 g/mol. The molecule has 0 atom stereocenters. The van der Waals surface area contributed by atoms with E-state index in [0.717, 1.165) is 11.4 Å². The maximum atomic E-state index is 5.67. The summed E-state index contributed by atoms with van der Waals surface area (Å²) in [6.07, 6.45) is 3.55. The molecule has 2 heterocycles. The highest BCUT2D eigenvalue weighted by molar-refractivity contribution is 5.51. The van der Waals surface area contributed by atoms with E-state index in [2.05, 4.69) is 25.1 Å². The van der Waals surface area contributed by atoms with Gasteiger partial charge in [-0.2, -0.15) is 0 Å². The fraction of sp³-hybridized carbons (Fsp3) is 0.214. The van der Waals surface area contributed by atoms with Gasteiger partial charge in [0.05, 0.1) is 13.1 Å². The number of H-pyrrole nitrogens is 1. The smallest absolute Gasteiger partial charge is 0.247 e. The van der Waals surface area contributed by atoms with Gasteiger partial charge in [-0.15, -0.1) is 10.2 Å². The molecule has 0 saturated carbocycles. The van der Waals surface area contributed by atoms with Crippen molar-refractivity contribution >= 4 is 0 Å². The minimum Gasteiger partial charge on any atom is -0.419 e. The zero-order chi connectivity index (χ0) is 13.8. The molecule has 6 nitrogen and oxygen atoms in total. The largest absolute Gasteiger partial charge is 0.419 e. The van der Waals surface area contributed by atoms with Gasteiger partial charge in [0.1, 0.15) is 5.82 Å². The van der Waals surface area contributed by atoms with Crippen LogP contribution in [-0.4, -0.2) is 32.1 Å². The number of nitrogens with one attached hydrogen (secondary N) is 1. The van der Waals surface area contributed by atoms with Gasteiger partial charge in [-0.3, -0.25) is 4.90 Å². The van der Waals surface area contributed by atoms with E-state index < -0.39 is 0 Å². The van der Waals surface area contributed by atoms with Crippen LogP contribution in [0.5, 0.6) is 0 Å². The molecule has 0 amide bonds. The van der Waals surface area contributed by atoms with Gasteiger partial charge in [0.2, 0.25) is 11.8 Å². The van der Waals surface area contributed by atoms with E-state index in [-0.39, 0.29) is 0 Å². The summed E-state index contributed by atoms with van der Waals surface area (Å²) >= 11 is 0. The van der Waals surface area contributed by atoms with Crippen molar-refractivity contribution in [2.24, 2.45) is 0 Å². The lowest BCUT2D eigenvalue weighted by Gasteiger charge is -2.11. The summed E-state index contributed by atoms with van der Waals surface area (Å²) in [4.78, 5) is 9.31. The molecular weight excluding hydrogens is 254 g/mol. The second kappa shape index (κ2) is 5.66. The summed E-state index contributed by atoms with van der Waals surface area (Å²) in [6.45, 7) is 1.29. The number of hydrogen-bond donors (Lipinski definition) is 1. The molecule has 6 heteroatoms. The first-order chi connectivity index (χ1) is 9.81. The van der Waals surface area contributed by atoms with Crippen LogP contribution in [0.3, 0.4) is 0 Å². The standard InChI is InChI=1S/C14H15N5O/c1-19(9-12-15-7-8-16-12)10-13-17-18-14(20-13)11-5-3-2-4-6-11/h2-8H,9-10H2,1H3,(H,15,16). The highest BCUT2D eigenvalue weighted by Crippen LogP contribution is 2.17. The highest BCUT2D eigenvalue weighted by Gasteiger charge is 2.11. The minimum atomic E-state index is 0.548. The summed E-state index contributed by atoms with van der Waals surface area (Å²) in [5.74, 6) is 2.06. The van der Waals surface area contributed by atoms with Gasteiger partial charge in [-0.1, -0.05) is 18.2 Å². The molecule has 0 bridgehead atoms. The SMILES string of the molecule is CN(Cc1ncc[nH]1)Cc1nnc(-c2ccccc2)o1. The molecule has 0 aliphatic carbocycles. The van der Waals surface area contributed by atoms with Crippen LogP contribution < -0.4 is 0 Å². The van der Waals surface area contributed by atoms with Crippen LogP contribution in [-0.2, 0) is 13.1 Å². The van der Waals surface area contributed by atoms with Crippen LogP contribution in [0, 0.1) is 0 Å². The second-order valence-electron chi connectivity index (χ2n) is 4.58. The first-order valence-electron chi connectivity index (χ1n) is 6.36. The molecule has 0 spiro atoms. The van der Waals surface area contributed by atoms with Crippen molar-refractivity contribution < 1.29 is 4.42 Å². The van der Waals surface area contributed by atoms with Gasteiger partial charge in [0.25, 0.3) is 0 Å². The second-order valence-corrected chi connectivity index (χ2v) is 4.58. The molecule has 0 fully saturated rings. The first kappa shape index (κ1) is 12.6. The molecule has 102 valence electrons. The van der Waals surface area contributed by atoms with Gasteiger partial charge in [-0.25, -0.2) is 4.98 Å². The number of hydrogen-bond acceptors (Lipinski definition) is 5. The van der Waals surface area contributed by atoms with Crippen LogP contribution in [0.1, 0.15) is 11.7 Å². The Morgan fingerprint density at radius 1 is 1.15 bits per heavy atom. The number of benzene rings is 1. The molecule has 0 saturated heterocycles. The van der Waals surface area contributed by atoms with E-state index in [4.69, 9.17) is 4.42 Å². The van der Waals surface area contributed by atoms with E-state index in [0.29, 0.717) is 24.9 Å². The minimum absolute atomic E-state index is 0.548. The van der Waals surface area contributed by atoms with Crippen molar-refractivity contribution in [1.82, 2.24) is 25.1 Å².